The normalized spacial score (nSPS) is 28.6. The Bertz CT molecular complexity index is 994. The summed E-state index contributed by atoms with van der Waals surface area (Å²) >= 11 is 6.54. The van der Waals surface area contributed by atoms with E-state index in [0.29, 0.717) is 17.6 Å². The third-order valence-electron chi connectivity index (χ3n) is 7.43. The molecule has 3 aliphatic rings. The van der Waals surface area contributed by atoms with Crippen molar-refractivity contribution in [1.29, 1.82) is 0 Å². The van der Waals surface area contributed by atoms with Crippen molar-refractivity contribution in [1.82, 2.24) is 5.32 Å². The molecule has 3 aliphatic heterocycles. The molecule has 0 radical (unpaired) electrons. The topological polar surface area (TPSA) is 39.7 Å². The predicted octanol–water partition coefficient (Wildman–Crippen LogP) is 4.36. The lowest BCUT2D eigenvalue weighted by atomic mass is 9.72. The molecule has 2 saturated heterocycles. The summed E-state index contributed by atoms with van der Waals surface area (Å²) in [6.07, 6.45) is 2.65. The molecule has 4 nitrogen and oxygen atoms in total. The largest absolute Gasteiger partial charge is 0.496 e. The lowest BCUT2D eigenvalue weighted by molar-refractivity contribution is 0.00578. The second kappa shape index (κ2) is 7.21. The molecule has 3 heterocycles. The number of hydrogen-bond acceptors (Lipinski definition) is 4. The molecule has 0 spiro atoms. The highest BCUT2D eigenvalue weighted by molar-refractivity contribution is 6.66. The van der Waals surface area contributed by atoms with Crippen molar-refractivity contribution in [2.75, 3.05) is 6.54 Å². The van der Waals surface area contributed by atoms with Crippen molar-refractivity contribution in [3.05, 3.63) is 58.4 Å². The first kappa shape index (κ1) is 21.3. The SMILES string of the molecule is CC1(C)OB(c2c(Cl)c(F)cc3c2C[C@](c2ccccc2)([C@@H]2CCCN2)O3)OC1(C)C. The van der Waals surface area contributed by atoms with Gasteiger partial charge >= 0.3 is 7.12 Å². The molecule has 31 heavy (non-hydrogen) atoms. The van der Waals surface area contributed by atoms with Crippen molar-refractivity contribution < 1.29 is 18.4 Å². The third-order valence-corrected chi connectivity index (χ3v) is 7.82. The lowest BCUT2D eigenvalue weighted by Crippen LogP contribution is -2.49. The minimum absolute atomic E-state index is 0.0455. The van der Waals surface area contributed by atoms with E-state index in [1.807, 2.05) is 45.9 Å². The molecule has 5 rings (SSSR count). The molecule has 2 aromatic rings. The minimum Gasteiger partial charge on any atom is -0.480 e. The van der Waals surface area contributed by atoms with Crippen molar-refractivity contribution in [3.63, 3.8) is 0 Å². The van der Waals surface area contributed by atoms with Gasteiger partial charge in [0.05, 0.1) is 22.3 Å². The van der Waals surface area contributed by atoms with Crippen LogP contribution in [0.4, 0.5) is 4.39 Å². The highest BCUT2D eigenvalue weighted by Crippen LogP contribution is 2.47. The van der Waals surface area contributed by atoms with Gasteiger partial charge in [0.25, 0.3) is 0 Å². The molecule has 0 aromatic heterocycles. The average molecular weight is 444 g/mol. The van der Waals surface area contributed by atoms with E-state index in [0.717, 1.165) is 30.5 Å². The summed E-state index contributed by atoms with van der Waals surface area (Å²) in [6, 6.07) is 11.7. The first-order chi connectivity index (χ1) is 14.6. The lowest BCUT2D eigenvalue weighted by Gasteiger charge is -2.35. The van der Waals surface area contributed by atoms with Crippen LogP contribution < -0.4 is 15.5 Å². The Morgan fingerprint density at radius 3 is 2.39 bits per heavy atom. The zero-order valence-corrected chi connectivity index (χ0v) is 19.2. The van der Waals surface area contributed by atoms with Gasteiger partial charge in [-0.1, -0.05) is 41.9 Å². The second-order valence-corrected chi connectivity index (χ2v) is 10.2. The Morgan fingerprint density at radius 1 is 1.10 bits per heavy atom. The number of hydrogen-bond donors (Lipinski definition) is 1. The van der Waals surface area contributed by atoms with Gasteiger partial charge in [-0.2, -0.15) is 0 Å². The van der Waals surface area contributed by atoms with Gasteiger partial charge in [0.1, 0.15) is 11.6 Å². The van der Waals surface area contributed by atoms with Gasteiger partial charge in [0, 0.05) is 23.5 Å². The van der Waals surface area contributed by atoms with Crippen LogP contribution in [-0.2, 0) is 21.3 Å². The van der Waals surface area contributed by atoms with Crippen molar-refractivity contribution in [2.45, 2.75) is 69.8 Å². The van der Waals surface area contributed by atoms with E-state index in [1.54, 1.807) is 0 Å². The van der Waals surface area contributed by atoms with E-state index in [2.05, 4.69) is 17.4 Å². The number of ether oxygens (including phenoxy) is 1. The van der Waals surface area contributed by atoms with E-state index < -0.39 is 29.7 Å². The predicted molar refractivity (Wildman–Crippen MR) is 121 cm³/mol. The first-order valence-electron chi connectivity index (χ1n) is 11.0. The summed E-state index contributed by atoms with van der Waals surface area (Å²) < 4.78 is 34.1. The average Bonchev–Trinajstić information content (AvgIpc) is 3.41. The van der Waals surface area contributed by atoms with Crippen LogP contribution in [0, 0.1) is 5.82 Å². The van der Waals surface area contributed by atoms with E-state index in [4.69, 9.17) is 25.6 Å². The summed E-state index contributed by atoms with van der Waals surface area (Å²) in [6.45, 7) is 8.86. The Kier molecular flexibility index (Phi) is 4.94. The standard InChI is InChI=1S/C24H28BClFNO3/c1-22(2)23(3,4)31-25(30-22)20-16-14-24(19-11-8-12-28-19,15-9-6-5-7-10-15)29-18(16)13-17(27)21(20)26/h5-7,9-10,13,19,28H,8,11-12,14H2,1-4H3/t19-,24-/m0/s1. The molecule has 164 valence electrons. The molecular weight excluding hydrogens is 416 g/mol. The molecule has 0 aliphatic carbocycles. The van der Waals surface area contributed by atoms with Crippen LogP contribution >= 0.6 is 11.6 Å². The molecule has 7 heteroatoms. The summed E-state index contributed by atoms with van der Waals surface area (Å²) in [5, 5.41) is 3.65. The Hall–Kier alpha value is -1.60. The summed E-state index contributed by atoms with van der Waals surface area (Å²) in [5.74, 6) is -0.00228. The molecule has 0 saturated carbocycles. The van der Waals surface area contributed by atoms with Crippen LogP contribution in [0.1, 0.15) is 51.7 Å². The summed E-state index contributed by atoms with van der Waals surface area (Å²) in [4.78, 5) is 0. The first-order valence-corrected chi connectivity index (χ1v) is 11.4. The maximum absolute atomic E-state index is 15.0. The van der Waals surface area contributed by atoms with E-state index in [9.17, 15) is 4.39 Å². The monoisotopic (exact) mass is 443 g/mol. The van der Waals surface area contributed by atoms with Crippen molar-refractivity contribution >= 4 is 24.2 Å². The number of rotatable bonds is 3. The van der Waals surface area contributed by atoms with Gasteiger partial charge in [0.15, 0.2) is 5.60 Å². The fourth-order valence-corrected chi connectivity index (χ4v) is 5.25. The van der Waals surface area contributed by atoms with Crippen LogP contribution in [0.15, 0.2) is 36.4 Å². The van der Waals surface area contributed by atoms with Crippen LogP contribution in [0.5, 0.6) is 5.75 Å². The Morgan fingerprint density at radius 2 is 1.77 bits per heavy atom. The Balaban J connectivity index is 1.63. The molecule has 0 unspecified atom stereocenters. The number of benzene rings is 2. The fraction of sp³-hybridized carbons (Fsp3) is 0.500. The van der Waals surface area contributed by atoms with Crippen LogP contribution in [0.2, 0.25) is 5.02 Å². The molecule has 2 aromatic carbocycles. The maximum Gasteiger partial charge on any atom is 0.496 e. The second-order valence-electron chi connectivity index (χ2n) is 9.83. The van der Waals surface area contributed by atoms with E-state index in [1.165, 1.54) is 6.07 Å². The quantitative estimate of drug-likeness (QED) is 0.716. The molecular formula is C24H28BClFNO3. The minimum atomic E-state index is -0.756. The molecule has 1 N–H and O–H groups in total. The molecule has 0 bridgehead atoms. The highest BCUT2D eigenvalue weighted by Gasteiger charge is 2.56. The van der Waals surface area contributed by atoms with Crippen LogP contribution in [-0.4, -0.2) is 30.9 Å². The molecule has 0 amide bonds. The molecule has 2 fully saturated rings. The zero-order chi connectivity index (χ0) is 22.0. The van der Waals surface area contributed by atoms with Crippen LogP contribution in [0.3, 0.4) is 0 Å². The fourth-order valence-electron chi connectivity index (χ4n) is 4.99. The summed E-state index contributed by atoms with van der Waals surface area (Å²) in [5.41, 5.74) is 0.748. The number of halogens is 2. The van der Waals surface area contributed by atoms with Crippen molar-refractivity contribution in [2.24, 2.45) is 0 Å². The van der Waals surface area contributed by atoms with Gasteiger partial charge in [-0.3, -0.25) is 0 Å². The highest BCUT2D eigenvalue weighted by atomic mass is 35.5. The maximum atomic E-state index is 15.0. The van der Waals surface area contributed by atoms with E-state index >= 15 is 0 Å². The smallest absolute Gasteiger partial charge is 0.480 e. The molecule has 2 atom stereocenters. The summed E-state index contributed by atoms with van der Waals surface area (Å²) in [7, 11) is -0.756. The third kappa shape index (κ3) is 3.22. The van der Waals surface area contributed by atoms with Gasteiger partial charge < -0.3 is 19.4 Å². The van der Waals surface area contributed by atoms with Gasteiger partial charge in [0.2, 0.25) is 0 Å². The number of nitrogens with one attached hydrogen (secondary N) is 1. The van der Waals surface area contributed by atoms with E-state index in [-0.39, 0.29) is 11.1 Å². The van der Waals surface area contributed by atoms with Crippen molar-refractivity contribution in [3.8, 4) is 5.75 Å². The Labute approximate surface area is 188 Å². The van der Waals surface area contributed by atoms with Crippen LogP contribution in [0.25, 0.3) is 0 Å². The van der Waals surface area contributed by atoms with Gasteiger partial charge in [-0.05, 0) is 52.6 Å². The van der Waals surface area contributed by atoms with Gasteiger partial charge in [-0.25, -0.2) is 4.39 Å². The zero-order valence-electron chi connectivity index (χ0n) is 18.4. The van der Waals surface area contributed by atoms with Gasteiger partial charge in [-0.15, -0.1) is 0 Å². The number of fused-ring (bicyclic) bond motifs is 1.